The van der Waals surface area contributed by atoms with E-state index in [9.17, 15) is 14.5 Å². The molecular formula is C14H15FN2O2S. The zero-order valence-corrected chi connectivity index (χ0v) is 11.8. The lowest BCUT2D eigenvalue weighted by molar-refractivity contribution is -0.385. The molecule has 4 nitrogen and oxygen atoms in total. The second-order valence-corrected chi connectivity index (χ2v) is 5.41. The maximum absolute atomic E-state index is 13.3. The highest BCUT2D eigenvalue weighted by atomic mass is 32.1. The minimum absolute atomic E-state index is 0.178. The molecule has 0 aliphatic heterocycles. The second-order valence-electron chi connectivity index (χ2n) is 4.43. The zero-order valence-electron chi connectivity index (χ0n) is 11.0. The molecule has 0 fully saturated rings. The van der Waals surface area contributed by atoms with E-state index in [0.717, 1.165) is 12.5 Å². The molecule has 1 aromatic heterocycles. The van der Waals surface area contributed by atoms with Gasteiger partial charge in [-0.1, -0.05) is 13.0 Å². The van der Waals surface area contributed by atoms with Gasteiger partial charge in [0.15, 0.2) is 0 Å². The van der Waals surface area contributed by atoms with E-state index in [0.29, 0.717) is 12.1 Å². The van der Waals surface area contributed by atoms with Crippen LogP contribution in [0.3, 0.4) is 0 Å². The molecule has 2 aromatic rings. The Labute approximate surface area is 120 Å². The van der Waals surface area contributed by atoms with Crippen molar-refractivity contribution in [1.82, 2.24) is 5.32 Å². The predicted octanol–water partition coefficient (Wildman–Crippen LogP) is 4.04. The highest BCUT2D eigenvalue weighted by Gasteiger charge is 2.12. The van der Waals surface area contributed by atoms with Crippen molar-refractivity contribution < 1.29 is 9.31 Å². The number of nitrogens with one attached hydrogen (secondary N) is 1. The van der Waals surface area contributed by atoms with Crippen LogP contribution in [0.2, 0.25) is 0 Å². The predicted molar refractivity (Wildman–Crippen MR) is 77.2 cm³/mol. The van der Waals surface area contributed by atoms with Gasteiger partial charge in [-0.15, -0.1) is 11.3 Å². The van der Waals surface area contributed by atoms with Crippen LogP contribution in [-0.4, -0.2) is 4.92 Å². The fourth-order valence-corrected chi connectivity index (χ4v) is 2.90. The van der Waals surface area contributed by atoms with Gasteiger partial charge in [-0.25, -0.2) is 4.39 Å². The molecule has 0 saturated carbocycles. The minimum Gasteiger partial charge on any atom is -0.305 e. The number of halogens is 1. The molecule has 0 aliphatic carbocycles. The molecule has 0 bridgehead atoms. The molecule has 1 aromatic carbocycles. The number of nitro groups is 1. The molecule has 0 radical (unpaired) electrons. The molecule has 2 rings (SSSR count). The zero-order chi connectivity index (χ0) is 14.5. The van der Waals surface area contributed by atoms with Crippen LogP contribution in [-0.2, 0) is 6.54 Å². The van der Waals surface area contributed by atoms with E-state index in [-0.39, 0.29) is 11.7 Å². The maximum Gasteiger partial charge on any atom is 0.272 e. The first-order valence-electron chi connectivity index (χ1n) is 6.30. The van der Waals surface area contributed by atoms with Gasteiger partial charge in [-0.2, -0.15) is 0 Å². The molecule has 0 spiro atoms. The molecular weight excluding hydrogens is 279 g/mol. The molecule has 106 valence electrons. The summed E-state index contributed by atoms with van der Waals surface area (Å²) in [5.41, 5.74) is 0.359. The first kappa shape index (κ1) is 14.6. The highest BCUT2D eigenvalue weighted by Crippen LogP contribution is 2.23. The maximum atomic E-state index is 13.3. The quantitative estimate of drug-likeness (QED) is 0.646. The van der Waals surface area contributed by atoms with Gasteiger partial charge in [0.25, 0.3) is 5.69 Å². The fraction of sp³-hybridized carbons (Fsp3) is 0.286. The Morgan fingerprint density at radius 1 is 1.45 bits per heavy atom. The summed E-state index contributed by atoms with van der Waals surface area (Å²) in [6.07, 6.45) is 0.901. The number of hydrogen-bond acceptors (Lipinski definition) is 4. The normalized spacial score (nSPS) is 12.3. The van der Waals surface area contributed by atoms with Gasteiger partial charge < -0.3 is 5.32 Å². The summed E-state index contributed by atoms with van der Waals surface area (Å²) in [5.74, 6) is -0.583. The van der Waals surface area contributed by atoms with Crippen molar-refractivity contribution in [3.8, 4) is 0 Å². The Bertz CT molecular complexity index is 587. The number of benzene rings is 1. The van der Waals surface area contributed by atoms with Crippen LogP contribution in [0.1, 0.15) is 29.8 Å². The molecule has 0 amide bonds. The number of hydrogen-bond donors (Lipinski definition) is 1. The summed E-state index contributed by atoms with van der Waals surface area (Å²) >= 11 is 1.66. The Kier molecular flexibility index (Phi) is 4.81. The van der Waals surface area contributed by atoms with Crippen molar-refractivity contribution in [3.63, 3.8) is 0 Å². The monoisotopic (exact) mass is 294 g/mol. The van der Waals surface area contributed by atoms with Gasteiger partial charge in [0.1, 0.15) is 5.82 Å². The lowest BCUT2D eigenvalue weighted by Crippen LogP contribution is -2.19. The number of thiophene rings is 1. The van der Waals surface area contributed by atoms with Crippen molar-refractivity contribution in [2.24, 2.45) is 0 Å². The summed E-state index contributed by atoms with van der Waals surface area (Å²) in [4.78, 5) is 11.3. The first-order chi connectivity index (χ1) is 9.60. The Morgan fingerprint density at radius 2 is 2.25 bits per heavy atom. The van der Waals surface area contributed by atoms with E-state index in [1.807, 2.05) is 17.5 Å². The van der Waals surface area contributed by atoms with Crippen LogP contribution in [0.15, 0.2) is 35.7 Å². The summed E-state index contributed by atoms with van der Waals surface area (Å²) in [5, 5.41) is 16.0. The Morgan fingerprint density at radius 3 is 2.85 bits per heavy atom. The first-order valence-corrected chi connectivity index (χ1v) is 7.18. The highest BCUT2D eigenvalue weighted by molar-refractivity contribution is 7.10. The number of non-ortho nitro benzene ring substituents is 1. The van der Waals surface area contributed by atoms with Crippen molar-refractivity contribution in [3.05, 3.63) is 62.1 Å². The van der Waals surface area contributed by atoms with E-state index in [2.05, 4.69) is 12.2 Å². The average Bonchev–Trinajstić information content (AvgIpc) is 2.93. The largest absolute Gasteiger partial charge is 0.305 e. The summed E-state index contributed by atoms with van der Waals surface area (Å²) in [6, 6.07) is 7.85. The van der Waals surface area contributed by atoms with E-state index < -0.39 is 10.7 Å². The van der Waals surface area contributed by atoms with Gasteiger partial charge >= 0.3 is 0 Å². The lowest BCUT2D eigenvalue weighted by Gasteiger charge is -2.15. The van der Waals surface area contributed by atoms with Gasteiger partial charge in [-0.3, -0.25) is 10.1 Å². The topological polar surface area (TPSA) is 55.2 Å². The Hall–Kier alpha value is -1.79. The van der Waals surface area contributed by atoms with Crippen molar-refractivity contribution >= 4 is 17.0 Å². The van der Waals surface area contributed by atoms with Crippen LogP contribution in [0, 0.1) is 15.9 Å². The smallest absolute Gasteiger partial charge is 0.272 e. The SMILES string of the molecule is CCC(NCc1cc(F)cc([N+](=O)[O-])c1)c1cccs1. The van der Waals surface area contributed by atoms with Gasteiger partial charge in [-0.05, 0) is 29.5 Å². The van der Waals surface area contributed by atoms with E-state index in [1.54, 1.807) is 11.3 Å². The van der Waals surface area contributed by atoms with Gasteiger partial charge in [0, 0.05) is 23.5 Å². The average molecular weight is 294 g/mol. The standard InChI is InChI=1S/C14H15FN2O2S/c1-2-13(14-4-3-5-20-14)16-9-10-6-11(15)8-12(7-10)17(18)19/h3-8,13,16H,2,9H2,1H3. The van der Waals surface area contributed by atoms with Crippen molar-refractivity contribution in [2.75, 3.05) is 0 Å². The van der Waals surface area contributed by atoms with Crippen LogP contribution in [0.4, 0.5) is 10.1 Å². The molecule has 1 N–H and O–H groups in total. The van der Waals surface area contributed by atoms with Crippen molar-refractivity contribution in [1.29, 1.82) is 0 Å². The molecule has 1 atom stereocenters. The van der Waals surface area contributed by atoms with Gasteiger partial charge in [0.05, 0.1) is 11.0 Å². The third-order valence-corrected chi connectivity index (χ3v) is 3.99. The fourth-order valence-electron chi connectivity index (χ4n) is 2.02. The summed E-state index contributed by atoms with van der Waals surface area (Å²) < 4.78 is 13.3. The van der Waals surface area contributed by atoms with Crippen LogP contribution in [0.25, 0.3) is 0 Å². The van der Waals surface area contributed by atoms with Gasteiger partial charge in [0.2, 0.25) is 0 Å². The Balaban J connectivity index is 2.08. The molecule has 0 aliphatic rings. The van der Waals surface area contributed by atoms with Crippen LogP contribution in [0.5, 0.6) is 0 Å². The summed E-state index contributed by atoms with van der Waals surface area (Å²) in [6.45, 7) is 2.46. The minimum atomic E-state index is -0.583. The number of nitrogens with zero attached hydrogens (tertiary/aromatic N) is 1. The molecule has 20 heavy (non-hydrogen) atoms. The van der Waals surface area contributed by atoms with Crippen molar-refractivity contribution in [2.45, 2.75) is 25.9 Å². The van der Waals surface area contributed by atoms with E-state index in [4.69, 9.17) is 0 Å². The summed E-state index contributed by atoms with van der Waals surface area (Å²) in [7, 11) is 0. The third kappa shape index (κ3) is 3.61. The van der Waals surface area contributed by atoms with E-state index >= 15 is 0 Å². The number of nitro benzene ring substituents is 1. The number of rotatable bonds is 6. The lowest BCUT2D eigenvalue weighted by atomic mass is 10.1. The second kappa shape index (κ2) is 6.58. The molecule has 6 heteroatoms. The third-order valence-electron chi connectivity index (χ3n) is 3.00. The molecule has 0 saturated heterocycles. The van der Waals surface area contributed by atoms with E-state index in [1.165, 1.54) is 17.0 Å². The molecule has 1 heterocycles. The van der Waals surface area contributed by atoms with Crippen LogP contribution < -0.4 is 5.32 Å². The van der Waals surface area contributed by atoms with Crippen LogP contribution >= 0.6 is 11.3 Å². The molecule has 1 unspecified atom stereocenters.